The molecule has 3 rings (SSSR count). The third-order valence-electron chi connectivity index (χ3n) is 11.2. The lowest BCUT2D eigenvalue weighted by molar-refractivity contribution is -0.198. The summed E-state index contributed by atoms with van der Waals surface area (Å²) in [6.45, 7) is 16.2. The van der Waals surface area contributed by atoms with Gasteiger partial charge in [-0.05, 0) is 93.2 Å². The summed E-state index contributed by atoms with van der Waals surface area (Å²) in [5, 5.41) is 21.9. The Kier molecular flexibility index (Phi) is 12.2. The van der Waals surface area contributed by atoms with Gasteiger partial charge in [-0.1, -0.05) is 73.1 Å². The maximum absolute atomic E-state index is 13.0. The van der Waals surface area contributed by atoms with E-state index in [-0.39, 0.29) is 34.9 Å². The van der Waals surface area contributed by atoms with Crippen LogP contribution in [-0.4, -0.2) is 55.2 Å². The molecular formula is C33H62O6Si. The number of hydrogen-bond acceptors (Lipinski definition) is 5. The molecule has 1 saturated heterocycles. The molecule has 3 unspecified atom stereocenters. The molecule has 2 aliphatic carbocycles. The highest BCUT2D eigenvalue weighted by molar-refractivity contribution is 6.74. The van der Waals surface area contributed by atoms with E-state index in [1.807, 2.05) is 0 Å². The summed E-state index contributed by atoms with van der Waals surface area (Å²) in [6, 6.07) is 0. The first-order valence-electron chi connectivity index (χ1n) is 16.7. The summed E-state index contributed by atoms with van der Waals surface area (Å²) in [7, 11) is -2.28. The van der Waals surface area contributed by atoms with Crippen molar-refractivity contribution in [1.82, 2.24) is 0 Å². The minimum Gasteiger partial charge on any atom is -0.479 e. The topological polar surface area (TPSA) is 85.2 Å². The molecular weight excluding hydrogens is 520 g/mol. The second-order valence-corrected chi connectivity index (χ2v) is 19.8. The van der Waals surface area contributed by atoms with Crippen LogP contribution < -0.4 is 0 Å². The fraction of sp³-hybridized carbons (Fsp3) is 0.970. The van der Waals surface area contributed by atoms with Crippen molar-refractivity contribution in [2.24, 2.45) is 17.3 Å². The third kappa shape index (κ3) is 7.92. The lowest BCUT2D eigenvalue weighted by Crippen LogP contribution is -2.57. The highest BCUT2D eigenvalue weighted by Crippen LogP contribution is 2.51. The van der Waals surface area contributed by atoms with Crippen molar-refractivity contribution in [2.75, 3.05) is 6.61 Å². The van der Waals surface area contributed by atoms with Gasteiger partial charge < -0.3 is 24.1 Å². The van der Waals surface area contributed by atoms with Crippen LogP contribution in [0.5, 0.6) is 0 Å². The smallest absolute Gasteiger partial charge is 0.335 e. The Morgan fingerprint density at radius 2 is 1.70 bits per heavy atom. The fourth-order valence-corrected chi connectivity index (χ4v) is 9.15. The van der Waals surface area contributed by atoms with Gasteiger partial charge in [0, 0.05) is 13.0 Å². The van der Waals surface area contributed by atoms with E-state index in [0.29, 0.717) is 18.8 Å². The molecule has 2 N–H and O–H groups in total. The molecule has 3 aliphatic rings. The Morgan fingerprint density at radius 1 is 1.02 bits per heavy atom. The SMILES string of the molecule is CCC[C@H]1C(OC2CCCCO2)C[C@H](O)[C@]1(C)CCCCCC(O[Si](C)(C)C(C)(C)C)(C(=O)O)C1CCCCC1. The van der Waals surface area contributed by atoms with Crippen molar-refractivity contribution in [3.63, 3.8) is 0 Å². The van der Waals surface area contributed by atoms with Crippen molar-refractivity contribution < 1.29 is 28.9 Å². The first kappa shape index (κ1) is 34.0. The number of carboxylic acids is 1. The number of ether oxygens (including phenoxy) is 2. The summed E-state index contributed by atoms with van der Waals surface area (Å²) in [5.41, 5.74) is -1.26. The Labute approximate surface area is 246 Å². The lowest BCUT2D eigenvalue weighted by atomic mass is 9.71. The van der Waals surface area contributed by atoms with Crippen LogP contribution in [0.3, 0.4) is 0 Å². The van der Waals surface area contributed by atoms with E-state index >= 15 is 0 Å². The first-order chi connectivity index (χ1) is 18.8. The molecule has 234 valence electrons. The Morgan fingerprint density at radius 3 is 2.27 bits per heavy atom. The van der Waals surface area contributed by atoms with Gasteiger partial charge in [0.05, 0.1) is 12.2 Å². The van der Waals surface area contributed by atoms with Crippen molar-refractivity contribution >= 4 is 14.3 Å². The van der Waals surface area contributed by atoms with Crippen molar-refractivity contribution in [3.8, 4) is 0 Å². The largest absolute Gasteiger partial charge is 0.479 e. The zero-order valence-electron chi connectivity index (χ0n) is 26.9. The molecule has 0 spiro atoms. The second-order valence-electron chi connectivity index (χ2n) is 15.1. The van der Waals surface area contributed by atoms with E-state index in [2.05, 4.69) is 47.7 Å². The Balaban J connectivity index is 1.65. The van der Waals surface area contributed by atoms with Crippen molar-refractivity contribution in [1.29, 1.82) is 0 Å². The number of rotatable bonds is 14. The summed E-state index contributed by atoms with van der Waals surface area (Å²) < 4.78 is 19.3. The fourth-order valence-electron chi connectivity index (χ4n) is 7.58. The minimum atomic E-state index is -2.28. The summed E-state index contributed by atoms with van der Waals surface area (Å²) in [6.07, 6.45) is 15.2. The molecule has 0 aromatic rings. The number of carboxylic acid groups (broad SMARTS) is 1. The van der Waals surface area contributed by atoms with Crippen LogP contribution in [0.25, 0.3) is 0 Å². The Hall–Kier alpha value is -0.473. The monoisotopic (exact) mass is 582 g/mol. The van der Waals surface area contributed by atoms with Gasteiger partial charge in [0.25, 0.3) is 0 Å². The number of carbonyl (C=O) groups is 1. The van der Waals surface area contributed by atoms with Gasteiger partial charge in [0.1, 0.15) is 0 Å². The third-order valence-corrected chi connectivity index (χ3v) is 15.7. The van der Waals surface area contributed by atoms with Crippen LogP contribution in [0.1, 0.15) is 137 Å². The molecule has 1 aliphatic heterocycles. The highest BCUT2D eigenvalue weighted by Gasteiger charge is 2.54. The summed E-state index contributed by atoms with van der Waals surface area (Å²) in [5.74, 6) is -0.341. The van der Waals surface area contributed by atoms with Gasteiger partial charge in [-0.2, -0.15) is 0 Å². The van der Waals surface area contributed by atoms with E-state index in [1.165, 1.54) is 6.42 Å². The van der Waals surface area contributed by atoms with E-state index < -0.39 is 19.9 Å². The average molecular weight is 583 g/mol. The quantitative estimate of drug-likeness (QED) is 0.158. The van der Waals surface area contributed by atoms with Crippen molar-refractivity contribution in [3.05, 3.63) is 0 Å². The molecule has 1 heterocycles. The predicted molar refractivity (Wildman–Crippen MR) is 164 cm³/mol. The summed E-state index contributed by atoms with van der Waals surface area (Å²) in [4.78, 5) is 13.0. The highest BCUT2D eigenvalue weighted by atomic mass is 28.4. The molecule has 3 fully saturated rings. The maximum atomic E-state index is 13.0. The van der Waals surface area contributed by atoms with Crippen LogP contribution >= 0.6 is 0 Å². The molecule has 6 nitrogen and oxygen atoms in total. The number of aliphatic hydroxyl groups is 1. The van der Waals surface area contributed by atoms with E-state index in [4.69, 9.17) is 13.9 Å². The van der Waals surface area contributed by atoms with E-state index in [0.717, 1.165) is 90.1 Å². The molecule has 7 heteroatoms. The van der Waals surface area contributed by atoms with Gasteiger partial charge >= 0.3 is 5.97 Å². The first-order valence-corrected chi connectivity index (χ1v) is 19.6. The van der Waals surface area contributed by atoms with Gasteiger partial charge in [-0.25, -0.2) is 4.79 Å². The number of hydrogen-bond donors (Lipinski definition) is 2. The molecule has 0 aromatic carbocycles. The molecule has 40 heavy (non-hydrogen) atoms. The van der Waals surface area contributed by atoms with Gasteiger partial charge in [0.15, 0.2) is 20.2 Å². The molecule has 0 aromatic heterocycles. The number of aliphatic hydroxyl groups excluding tert-OH is 1. The zero-order chi connectivity index (χ0) is 29.6. The average Bonchev–Trinajstić information content (AvgIpc) is 3.12. The van der Waals surface area contributed by atoms with Crippen LogP contribution in [0.4, 0.5) is 0 Å². The van der Waals surface area contributed by atoms with Gasteiger partial charge in [-0.3, -0.25) is 0 Å². The van der Waals surface area contributed by atoms with Crippen LogP contribution in [0.15, 0.2) is 0 Å². The van der Waals surface area contributed by atoms with Gasteiger partial charge in [-0.15, -0.1) is 0 Å². The summed E-state index contributed by atoms with van der Waals surface area (Å²) >= 11 is 0. The van der Waals surface area contributed by atoms with Crippen LogP contribution in [0, 0.1) is 17.3 Å². The zero-order valence-corrected chi connectivity index (χ0v) is 27.9. The number of unbranched alkanes of at least 4 members (excludes halogenated alkanes) is 2. The van der Waals surface area contributed by atoms with E-state index in [1.54, 1.807) is 0 Å². The minimum absolute atomic E-state index is 0.0366. The standard InChI is InChI=1S/C33H62O6Si/c1-8-17-26-27(38-29-20-13-16-23-37-29)24-28(34)32(26,5)21-14-10-15-22-33(30(35)36,25-18-11-9-12-19-25)39-40(6,7)31(2,3)4/h25-29,34H,8-24H2,1-7H3,(H,35,36)/t26-,27?,28-,29?,32+,33?/m0/s1. The molecule has 0 amide bonds. The molecule has 6 atom stereocenters. The normalized spacial score (nSPS) is 32.2. The maximum Gasteiger partial charge on any atom is 0.335 e. The Bertz CT molecular complexity index is 784. The number of aliphatic carboxylic acids is 1. The lowest BCUT2D eigenvalue weighted by Gasteiger charge is -2.48. The van der Waals surface area contributed by atoms with Crippen molar-refractivity contribution in [2.45, 2.75) is 180 Å². The van der Waals surface area contributed by atoms with Gasteiger partial charge in [0.2, 0.25) is 0 Å². The second kappa shape index (κ2) is 14.3. The molecule has 0 bridgehead atoms. The molecule has 0 radical (unpaired) electrons. The van der Waals surface area contributed by atoms with E-state index in [9.17, 15) is 15.0 Å². The van der Waals surface area contributed by atoms with Crippen LogP contribution in [-0.2, 0) is 18.7 Å². The van der Waals surface area contributed by atoms with Crippen LogP contribution in [0.2, 0.25) is 18.1 Å². The molecule has 2 saturated carbocycles. The predicted octanol–water partition coefficient (Wildman–Crippen LogP) is 8.46.